The third kappa shape index (κ3) is 3.34. The van der Waals surface area contributed by atoms with Crippen molar-refractivity contribution in [1.29, 1.82) is 0 Å². The fourth-order valence-corrected chi connectivity index (χ4v) is 4.02. The van der Waals surface area contributed by atoms with Gasteiger partial charge in [-0.1, -0.05) is 0 Å². The number of piperidine rings is 1. The van der Waals surface area contributed by atoms with E-state index in [1.807, 2.05) is 13.0 Å². The maximum Gasteiger partial charge on any atom is 0.255 e. The molecule has 0 saturated carbocycles. The fraction of sp³-hybridized carbons (Fsp3) is 0.455. The molecular formula is C22H25N3O4. The van der Waals surface area contributed by atoms with Gasteiger partial charge in [0.15, 0.2) is 11.5 Å². The van der Waals surface area contributed by atoms with E-state index in [1.54, 1.807) is 18.0 Å². The molecule has 0 radical (unpaired) electrons. The molecule has 5 rings (SSSR count). The minimum Gasteiger partial charge on any atom is -0.490 e. The van der Waals surface area contributed by atoms with Gasteiger partial charge in [-0.05, 0) is 30.7 Å². The molecule has 1 fully saturated rings. The first kappa shape index (κ1) is 14.1. The highest BCUT2D eigenvalue weighted by molar-refractivity contribution is 5.98. The Morgan fingerprint density at radius 2 is 1.93 bits per heavy atom. The molecule has 3 aliphatic heterocycles. The van der Waals surface area contributed by atoms with Crippen molar-refractivity contribution in [3.05, 3.63) is 41.1 Å². The molecule has 4 heterocycles. The van der Waals surface area contributed by atoms with Gasteiger partial charge in [-0.2, -0.15) is 0 Å². The highest BCUT2D eigenvalue weighted by Crippen LogP contribution is 2.35. The summed E-state index contributed by atoms with van der Waals surface area (Å²) in [6.07, 6.45) is 1.51. The average molecular weight is 399 g/mol. The first-order valence-corrected chi connectivity index (χ1v) is 9.74. The number of rotatable bonds is 3. The maximum atomic E-state index is 12.2. The fourth-order valence-electron chi connectivity index (χ4n) is 4.02. The summed E-state index contributed by atoms with van der Waals surface area (Å²) < 4.78 is 47.3. The Kier molecular flexibility index (Phi) is 3.47. The zero-order valence-electron chi connectivity index (χ0n) is 20.4. The minimum atomic E-state index is -2.61. The number of carbonyl (C=O) groups excluding carboxylic acids is 1. The number of amides is 1. The zero-order chi connectivity index (χ0) is 23.5. The Hall–Kier alpha value is -2.96. The number of ether oxygens (including phenoxy) is 3. The summed E-state index contributed by atoms with van der Waals surface area (Å²) >= 11 is 0. The molecule has 3 aliphatic rings. The lowest BCUT2D eigenvalue weighted by Crippen LogP contribution is -2.39. The standard InChI is InChI=1S/C22H25N3O4/c1-14-11-17-18(13-24(2)22(17)26)23-21(14)25-7-5-15(6-8-25)29-16-3-4-19-20(12-16)28-10-9-27-19/h3-4,11-12,15H,5-10,13H2,1-2H3/i9D2,10D2. The van der Waals surface area contributed by atoms with Crippen LogP contribution in [0.4, 0.5) is 5.82 Å². The van der Waals surface area contributed by atoms with E-state index in [9.17, 15) is 4.79 Å². The van der Waals surface area contributed by atoms with Crippen LogP contribution in [0.15, 0.2) is 24.3 Å². The summed E-state index contributed by atoms with van der Waals surface area (Å²) in [5, 5.41) is 0. The van der Waals surface area contributed by atoms with E-state index < -0.39 is 13.1 Å². The summed E-state index contributed by atoms with van der Waals surface area (Å²) in [4.78, 5) is 20.9. The van der Waals surface area contributed by atoms with Crippen molar-refractivity contribution < 1.29 is 24.5 Å². The minimum absolute atomic E-state index is 0.0166. The summed E-state index contributed by atoms with van der Waals surface area (Å²) in [6, 6.07) is 6.67. The van der Waals surface area contributed by atoms with Crippen molar-refractivity contribution in [2.24, 2.45) is 0 Å². The first-order chi connectivity index (χ1) is 15.5. The predicted octanol–water partition coefficient (Wildman–Crippen LogP) is 2.79. The van der Waals surface area contributed by atoms with Crippen LogP contribution in [-0.4, -0.2) is 55.2 Å². The van der Waals surface area contributed by atoms with E-state index in [0.29, 0.717) is 17.9 Å². The van der Waals surface area contributed by atoms with Crippen LogP contribution in [0.5, 0.6) is 17.2 Å². The molecule has 1 aromatic carbocycles. The second kappa shape index (κ2) is 7.13. The van der Waals surface area contributed by atoms with Gasteiger partial charge < -0.3 is 24.0 Å². The molecule has 1 amide bonds. The van der Waals surface area contributed by atoms with E-state index in [0.717, 1.165) is 43.0 Å². The number of hydrogen-bond donors (Lipinski definition) is 0. The molecule has 0 N–H and O–H groups in total. The summed E-state index contributed by atoms with van der Waals surface area (Å²) in [5.74, 6) is 1.69. The van der Waals surface area contributed by atoms with Gasteiger partial charge in [-0.25, -0.2) is 4.98 Å². The first-order valence-electron chi connectivity index (χ1n) is 11.7. The van der Waals surface area contributed by atoms with Gasteiger partial charge in [0.25, 0.3) is 5.91 Å². The summed E-state index contributed by atoms with van der Waals surface area (Å²) in [7, 11) is 1.78. The molecule has 7 heteroatoms. The quantitative estimate of drug-likeness (QED) is 0.791. The number of aromatic nitrogens is 1. The van der Waals surface area contributed by atoms with E-state index in [-0.39, 0.29) is 23.5 Å². The molecule has 152 valence electrons. The van der Waals surface area contributed by atoms with Crippen LogP contribution in [0.3, 0.4) is 0 Å². The van der Waals surface area contributed by atoms with Crippen molar-refractivity contribution in [2.75, 3.05) is 38.2 Å². The van der Waals surface area contributed by atoms with Gasteiger partial charge in [0.2, 0.25) is 0 Å². The van der Waals surface area contributed by atoms with Crippen LogP contribution >= 0.6 is 0 Å². The number of fused-ring (bicyclic) bond motifs is 2. The maximum absolute atomic E-state index is 12.2. The number of hydrogen-bond acceptors (Lipinski definition) is 6. The lowest BCUT2D eigenvalue weighted by Gasteiger charge is -2.34. The Bertz CT molecular complexity index is 1120. The average Bonchev–Trinajstić information content (AvgIpc) is 3.02. The number of pyridine rings is 1. The van der Waals surface area contributed by atoms with Crippen molar-refractivity contribution in [3.8, 4) is 17.2 Å². The molecule has 1 saturated heterocycles. The van der Waals surface area contributed by atoms with Crippen LogP contribution in [0.25, 0.3) is 0 Å². The normalized spacial score (nSPS) is 24.3. The van der Waals surface area contributed by atoms with Crippen molar-refractivity contribution in [2.45, 2.75) is 32.4 Å². The van der Waals surface area contributed by atoms with Crippen LogP contribution in [0, 0.1) is 6.92 Å². The number of carbonyl (C=O) groups is 1. The number of benzene rings is 1. The van der Waals surface area contributed by atoms with Crippen LogP contribution < -0.4 is 19.1 Å². The topological polar surface area (TPSA) is 64.1 Å². The highest BCUT2D eigenvalue weighted by Gasteiger charge is 2.29. The lowest BCUT2D eigenvalue weighted by molar-refractivity contribution is 0.0816. The molecule has 7 nitrogen and oxygen atoms in total. The van der Waals surface area contributed by atoms with Crippen molar-refractivity contribution in [1.82, 2.24) is 9.88 Å². The molecule has 0 bridgehead atoms. The number of nitrogens with zero attached hydrogens (tertiary/aromatic N) is 3. The molecular weight excluding hydrogens is 370 g/mol. The monoisotopic (exact) mass is 399 g/mol. The molecule has 1 aromatic heterocycles. The number of anilines is 1. The second-order valence-corrected chi connectivity index (χ2v) is 7.61. The van der Waals surface area contributed by atoms with Crippen LogP contribution in [-0.2, 0) is 6.54 Å². The van der Waals surface area contributed by atoms with Crippen molar-refractivity contribution >= 4 is 11.7 Å². The second-order valence-electron chi connectivity index (χ2n) is 7.61. The molecule has 2 aromatic rings. The molecule has 0 aliphatic carbocycles. The third-order valence-electron chi connectivity index (χ3n) is 5.55. The third-order valence-corrected chi connectivity index (χ3v) is 5.55. The molecule has 29 heavy (non-hydrogen) atoms. The van der Waals surface area contributed by atoms with Crippen molar-refractivity contribution in [3.63, 3.8) is 0 Å². The largest absolute Gasteiger partial charge is 0.490 e. The lowest BCUT2D eigenvalue weighted by atomic mass is 10.1. The molecule has 0 atom stereocenters. The van der Waals surface area contributed by atoms with Gasteiger partial charge in [0.05, 0.1) is 23.3 Å². The van der Waals surface area contributed by atoms with E-state index in [2.05, 4.69) is 4.90 Å². The molecule has 0 spiro atoms. The SMILES string of the molecule is [2H]C1([2H])Oc2ccc(OC3CCN(c4nc5c(cc4C)C(=O)N(C)C5)CC3)cc2OC1([2H])[2H]. The smallest absolute Gasteiger partial charge is 0.255 e. The van der Waals surface area contributed by atoms with Crippen LogP contribution in [0.2, 0.25) is 0 Å². The molecule has 0 unspecified atom stereocenters. The number of aryl methyl sites for hydroxylation is 1. The Morgan fingerprint density at radius 1 is 1.17 bits per heavy atom. The van der Waals surface area contributed by atoms with Crippen LogP contribution in [0.1, 0.15) is 39.9 Å². The Balaban J connectivity index is 1.24. The van der Waals surface area contributed by atoms with Gasteiger partial charge >= 0.3 is 0 Å². The Labute approximate surface area is 175 Å². The summed E-state index contributed by atoms with van der Waals surface area (Å²) in [6.45, 7) is -1.16. The van der Waals surface area contributed by atoms with Gasteiger partial charge in [-0.15, -0.1) is 0 Å². The van der Waals surface area contributed by atoms with Gasteiger partial charge in [0, 0.05) is 39.0 Å². The highest BCUT2D eigenvalue weighted by atomic mass is 16.6. The Morgan fingerprint density at radius 3 is 2.72 bits per heavy atom. The summed E-state index contributed by atoms with van der Waals surface area (Å²) in [5.41, 5.74) is 2.49. The van der Waals surface area contributed by atoms with E-state index in [4.69, 9.17) is 24.7 Å². The zero-order valence-corrected chi connectivity index (χ0v) is 16.4. The van der Waals surface area contributed by atoms with E-state index >= 15 is 0 Å². The van der Waals surface area contributed by atoms with Gasteiger partial charge in [0.1, 0.15) is 30.8 Å². The van der Waals surface area contributed by atoms with E-state index in [1.165, 1.54) is 12.1 Å². The van der Waals surface area contributed by atoms with Gasteiger partial charge in [-0.3, -0.25) is 4.79 Å². The predicted molar refractivity (Wildman–Crippen MR) is 108 cm³/mol.